The van der Waals surface area contributed by atoms with Gasteiger partial charge in [-0.25, -0.2) is 0 Å². The quantitative estimate of drug-likeness (QED) is 0.127. The Bertz CT molecular complexity index is 638. The lowest BCUT2D eigenvalue weighted by atomic mass is 9.87. The lowest BCUT2D eigenvalue weighted by Crippen LogP contribution is -2.46. The van der Waals surface area contributed by atoms with Crippen LogP contribution in [-0.2, 0) is 23.9 Å². The van der Waals surface area contributed by atoms with Gasteiger partial charge in [-0.3, -0.25) is 14.4 Å². The highest BCUT2D eigenvalue weighted by Crippen LogP contribution is 2.22. The molecular weight excluding hydrogens is 484 g/mol. The number of aliphatic hydroxyl groups excluding tert-OH is 1. The van der Waals surface area contributed by atoms with E-state index in [4.69, 9.17) is 9.47 Å². The van der Waals surface area contributed by atoms with Crippen LogP contribution in [0.15, 0.2) is 0 Å². The van der Waals surface area contributed by atoms with Gasteiger partial charge in [0.15, 0.2) is 0 Å². The van der Waals surface area contributed by atoms with Crippen LogP contribution in [0.25, 0.3) is 0 Å². The van der Waals surface area contributed by atoms with Crippen molar-refractivity contribution in [2.24, 2.45) is 11.3 Å². The predicted octanol–water partition coefficient (Wildman–Crippen LogP) is 5.26. The van der Waals surface area contributed by atoms with E-state index in [0.29, 0.717) is 19.1 Å². The molecule has 0 radical (unpaired) electrons. The van der Waals surface area contributed by atoms with Gasteiger partial charge in [-0.2, -0.15) is 0 Å². The molecule has 0 aromatic carbocycles. The first-order valence-electron chi connectivity index (χ1n) is 14.9. The molecule has 0 saturated heterocycles. The van der Waals surface area contributed by atoms with E-state index in [1.165, 1.54) is 64.2 Å². The van der Waals surface area contributed by atoms with Crippen LogP contribution in [0.4, 0.5) is 0 Å². The Kier molecular flexibility index (Phi) is 21.2. The predicted molar refractivity (Wildman–Crippen MR) is 153 cm³/mol. The summed E-state index contributed by atoms with van der Waals surface area (Å²) in [5.41, 5.74) is -0.958. The molecule has 8 nitrogen and oxygen atoms in total. The second-order valence-corrected chi connectivity index (χ2v) is 11.6. The van der Waals surface area contributed by atoms with E-state index in [1.54, 1.807) is 13.8 Å². The number of aliphatic hydroxyl groups is 1. The molecule has 0 aliphatic carbocycles. The van der Waals surface area contributed by atoms with Gasteiger partial charge in [0, 0.05) is 18.5 Å². The van der Waals surface area contributed by atoms with Gasteiger partial charge in [0.05, 0.1) is 26.1 Å². The maximum absolute atomic E-state index is 12.4. The number of carbonyl (C=O) groups is 3. The van der Waals surface area contributed by atoms with Gasteiger partial charge < -0.3 is 24.8 Å². The van der Waals surface area contributed by atoms with Crippen LogP contribution in [0.2, 0.25) is 0 Å². The fraction of sp³-hybridized carbons (Fsp3) is 0.900. The highest BCUT2D eigenvalue weighted by atomic mass is 16.5. The highest BCUT2D eigenvalue weighted by molar-refractivity contribution is 5.82. The number of ether oxygens (including phenoxy) is 2. The van der Waals surface area contributed by atoms with Crippen molar-refractivity contribution in [2.45, 2.75) is 124 Å². The number of unbranched alkanes of at least 4 members (excludes halogenated alkanes) is 8. The molecule has 38 heavy (non-hydrogen) atoms. The zero-order valence-electron chi connectivity index (χ0n) is 25.3. The number of hydrogen-bond donors (Lipinski definition) is 2. The smallest absolute Gasteiger partial charge is 0.307 e. The molecule has 224 valence electrons. The van der Waals surface area contributed by atoms with E-state index in [2.05, 4.69) is 19.2 Å². The zero-order chi connectivity index (χ0) is 28.8. The van der Waals surface area contributed by atoms with E-state index < -0.39 is 17.4 Å². The Morgan fingerprint density at radius 2 is 1.34 bits per heavy atom. The lowest BCUT2D eigenvalue weighted by molar-refractivity contribution is -0.153. The zero-order valence-corrected chi connectivity index (χ0v) is 25.3. The molecule has 0 spiro atoms. The molecule has 8 heteroatoms. The van der Waals surface area contributed by atoms with Crippen LogP contribution >= 0.6 is 0 Å². The highest BCUT2D eigenvalue weighted by Gasteiger charge is 2.35. The van der Waals surface area contributed by atoms with E-state index in [1.807, 2.05) is 19.0 Å². The van der Waals surface area contributed by atoms with E-state index in [0.717, 1.165) is 12.8 Å². The Morgan fingerprint density at radius 1 is 0.816 bits per heavy atom. The molecule has 0 aliphatic heterocycles. The minimum absolute atomic E-state index is 0.0536. The van der Waals surface area contributed by atoms with E-state index in [-0.39, 0.29) is 37.9 Å². The molecular formula is C30H58N2O6. The van der Waals surface area contributed by atoms with Crippen molar-refractivity contribution in [1.29, 1.82) is 0 Å². The summed E-state index contributed by atoms with van der Waals surface area (Å²) < 4.78 is 10.8. The van der Waals surface area contributed by atoms with Gasteiger partial charge in [-0.05, 0) is 32.9 Å². The first-order chi connectivity index (χ1) is 18.0. The monoisotopic (exact) mass is 542 g/mol. The fourth-order valence-corrected chi connectivity index (χ4v) is 4.14. The Balaban J connectivity index is 4.39. The van der Waals surface area contributed by atoms with Crippen LogP contribution in [-0.4, -0.2) is 74.4 Å². The van der Waals surface area contributed by atoms with Gasteiger partial charge in [-0.1, -0.05) is 91.9 Å². The van der Waals surface area contributed by atoms with Crippen molar-refractivity contribution in [3.05, 3.63) is 0 Å². The molecule has 0 heterocycles. The molecule has 2 atom stereocenters. The molecule has 0 aliphatic rings. The average Bonchev–Trinajstić information content (AvgIpc) is 2.88. The summed E-state index contributed by atoms with van der Waals surface area (Å²) in [7, 11) is 3.73. The second kappa shape index (κ2) is 22.2. The van der Waals surface area contributed by atoms with Crippen molar-refractivity contribution >= 4 is 17.8 Å². The van der Waals surface area contributed by atoms with Gasteiger partial charge in [0.25, 0.3) is 0 Å². The molecule has 1 amide bonds. The van der Waals surface area contributed by atoms with Crippen molar-refractivity contribution in [3.8, 4) is 0 Å². The van der Waals surface area contributed by atoms with Gasteiger partial charge >= 0.3 is 11.9 Å². The standard InChI is InChI=1S/C30H58N2O6/c1-7-9-11-13-14-16-18-25(17-15-12-10-8-2)23-37-26(33)19-21-31-29(36)28(35)30(3,4)24-38-27(34)20-22-32(5)6/h25,28,35H,7-24H2,1-6H3,(H,31,36)/t25?,28-/m0/s1. The summed E-state index contributed by atoms with van der Waals surface area (Å²) in [4.78, 5) is 38.5. The molecule has 1 unspecified atom stereocenters. The number of amides is 1. The maximum atomic E-state index is 12.4. The summed E-state index contributed by atoms with van der Waals surface area (Å²) in [5, 5.41) is 13.1. The van der Waals surface area contributed by atoms with Crippen molar-refractivity contribution in [3.63, 3.8) is 0 Å². The third-order valence-corrected chi connectivity index (χ3v) is 6.90. The minimum Gasteiger partial charge on any atom is -0.465 e. The molecule has 0 bridgehead atoms. The lowest BCUT2D eigenvalue weighted by Gasteiger charge is -2.29. The number of hydrogen-bond acceptors (Lipinski definition) is 7. The summed E-state index contributed by atoms with van der Waals surface area (Å²) in [6.45, 7) is 8.77. The third-order valence-electron chi connectivity index (χ3n) is 6.90. The Morgan fingerprint density at radius 3 is 1.92 bits per heavy atom. The van der Waals surface area contributed by atoms with Crippen LogP contribution in [0.3, 0.4) is 0 Å². The third kappa shape index (κ3) is 19.4. The molecule has 0 aromatic rings. The number of nitrogens with zero attached hydrogens (tertiary/aromatic N) is 1. The first kappa shape index (κ1) is 36.3. The van der Waals surface area contributed by atoms with Gasteiger partial charge in [0.2, 0.25) is 5.91 Å². The molecule has 0 aromatic heterocycles. The molecule has 0 saturated carbocycles. The number of esters is 2. The van der Waals surface area contributed by atoms with Crippen LogP contribution in [0, 0.1) is 11.3 Å². The van der Waals surface area contributed by atoms with Crippen LogP contribution in [0.1, 0.15) is 118 Å². The number of carbonyl (C=O) groups excluding carboxylic acids is 3. The van der Waals surface area contributed by atoms with Crippen molar-refractivity contribution in [1.82, 2.24) is 10.2 Å². The Labute approximate surface area is 232 Å². The van der Waals surface area contributed by atoms with E-state index >= 15 is 0 Å². The fourth-order valence-electron chi connectivity index (χ4n) is 4.14. The van der Waals surface area contributed by atoms with Gasteiger partial charge in [0.1, 0.15) is 6.10 Å². The van der Waals surface area contributed by atoms with Crippen molar-refractivity contribution < 1.29 is 29.0 Å². The summed E-state index contributed by atoms with van der Waals surface area (Å²) >= 11 is 0. The molecule has 0 fully saturated rings. The number of nitrogens with one attached hydrogen (secondary N) is 1. The molecule has 0 rings (SSSR count). The van der Waals surface area contributed by atoms with E-state index in [9.17, 15) is 19.5 Å². The topological polar surface area (TPSA) is 105 Å². The molecule has 2 N–H and O–H groups in total. The SMILES string of the molecule is CCCCCCCCC(CCCCCC)COC(=O)CCNC(=O)[C@H](O)C(C)(C)COC(=O)CCN(C)C. The van der Waals surface area contributed by atoms with Crippen LogP contribution in [0.5, 0.6) is 0 Å². The van der Waals surface area contributed by atoms with Crippen molar-refractivity contribution in [2.75, 3.05) is 40.4 Å². The summed E-state index contributed by atoms with van der Waals surface area (Å²) in [5.74, 6) is -0.915. The largest absolute Gasteiger partial charge is 0.465 e. The maximum Gasteiger partial charge on any atom is 0.307 e. The summed E-state index contributed by atoms with van der Waals surface area (Å²) in [6.07, 6.45) is 13.5. The number of rotatable bonds is 24. The normalized spacial score (nSPS) is 13.3. The van der Waals surface area contributed by atoms with Crippen LogP contribution < -0.4 is 5.32 Å². The summed E-state index contributed by atoms with van der Waals surface area (Å²) in [6, 6.07) is 0. The first-order valence-corrected chi connectivity index (χ1v) is 14.9. The second-order valence-electron chi connectivity index (χ2n) is 11.6. The minimum atomic E-state index is -1.37. The van der Waals surface area contributed by atoms with Gasteiger partial charge in [-0.15, -0.1) is 0 Å². The average molecular weight is 543 g/mol. The Hall–Kier alpha value is -1.67.